The lowest BCUT2D eigenvalue weighted by molar-refractivity contribution is -0.103. The molecule has 19 heavy (non-hydrogen) atoms. The summed E-state index contributed by atoms with van der Waals surface area (Å²) < 4.78 is 0. The molecule has 0 heteroatoms. The Morgan fingerprint density at radius 3 is 2.47 bits per heavy atom. The summed E-state index contributed by atoms with van der Waals surface area (Å²) in [6.07, 6.45) is 17.1. The molecule has 0 spiro atoms. The lowest BCUT2D eigenvalue weighted by Gasteiger charge is -2.60. The van der Waals surface area contributed by atoms with Crippen LogP contribution in [0.2, 0.25) is 0 Å². The van der Waals surface area contributed by atoms with Crippen molar-refractivity contribution in [2.24, 2.45) is 34.5 Å². The lowest BCUT2D eigenvalue weighted by Crippen LogP contribution is -2.51. The molecule has 0 radical (unpaired) electrons. The molecule has 0 amide bonds. The van der Waals surface area contributed by atoms with Crippen LogP contribution in [-0.4, -0.2) is 0 Å². The molecule has 4 aliphatic rings. The average molecular weight is 260 g/mol. The predicted molar refractivity (Wildman–Crippen MR) is 81.0 cm³/mol. The number of fused-ring (bicyclic) bond motifs is 5. The van der Waals surface area contributed by atoms with Gasteiger partial charge < -0.3 is 0 Å². The van der Waals surface area contributed by atoms with Gasteiger partial charge in [-0.1, -0.05) is 33.1 Å². The SMILES string of the molecule is C[C@]12CCC[C@@H]1[C@H]1CC[C@H]3CCCC[C@]3(C)[C@@H]1CC2. The molecule has 0 unspecified atom stereocenters. The molecular formula is C19H32. The third-order valence-corrected chi connectivity index (χ3v) is 8.36. The van der Waals surface area contributed by atoms with Crippen molar-refractivity contribution in [1.82, 2.24) is 0 Å². The van der Waals surface area contributed by atoms with Crippen LogP contribution in [-0.2, 0) is 0 Å². The van der Waals surface area contributed by atoms with Gasteiger partial charge in [-0.25, -0.2) is 0 Å². The summed E-state index contributed by atoms with van der Waals surface area (Å²) in [6, 6.07) is 0. The van der Waals surface area contributed by atoms with Gasteiger partial charge in [0.25, 0.3) is 0 Å². The zero-order valence-electron chi connectivity index (χ0n) is 13.1. The van der Waals surface area contributed by atoms with Crippen LogP contribution in [0.4, 0.5) is 0 Å². The maximum absolute atomic E-state index is 2.70. The Kier molecular flexibility index (Phi) is 2.84. The second kappa shape index (κ2) is 4.25. The van der Waals surface area contributed by atoms with E-state index in [-0.39, 0.29) is 0 Å². The maximum Gasteiger partial charge on any atom is -0.0266 e. The van der Waals surface area contributed by atoms with Gasteiger partial charge in [-0.15, -0.1) is 0 Å². The Hall–Kier alpha value is 0. The Balaban J connectivity index is 1.64. The molecule has 0 N–H and O–H groups in total. The van der Waals surface area contributed by atoms with Gasteiger partial charge in [0.15, 0.2) is 0 Å². The van der Waals surface area contributed by atoms with Crippen molar-refractivity contribution in [3.05, 3.63) is 0 Å². The first-order chi connectivity index (χ1) is 9.13. The van der Waals surface area contributed by atoms with Crippen LogP contribution in [0, 0.1) is 34.5 Å². The number of hydrogen-bond donors (Lipinski definition) is 0. The molecule has 4 saturated carbocycles. The van der Waals surface area contributed by atoms with Crippen molar-refractivity contribution in [2.45, 2.75) is 84.5 Å². The zero-order chi connectivity index (χ0) is 13.1. The van der Waals surface area contributed by atoms with Gasteiger partial charge in [0.2, 0.25) is 0 Å². The molecule has 0 aromatic rings. The Morgan fingerprint density at radius 1 is 0.684 bits per heavy atom. The quantitative estimate of drug-likeness (QED) is 0.515. The van der Waals surface area contributed by atoms with Crippen LogP contribution in [0.1, 0.15) is 84.5 Å². The molecule has 108 valence electrons. The molecule has 0 heterocycles. The van der Waals surface area contributed by atoms with E-state index < -0.39 is 0 Å². The second-order valence-corrected chi connectivity index (χ2v) is 8.99. The second-order valence-electron chi connectivity index (χ2n) is 8.99. The summed E-state index contributed by atoms with van der Waals surface area (Å²) in [4.78, 5) is 0. The van der Waals surface area contributed by atoms with E-state index in [9.17, 15) is 0 Å². The third-order valence-electron chi connectivity index (χ3n) is 8.36. The fourth-order valence-electron chi connectivity index (χ4n) is 7.29. The Bertz CT molecular complexity index is 359. The highest BCUT2D eigenvalue weighted by Gasteiger charge is 2.56. The van der Waals surface area contributed by atoms with E-state index in [0.717, 1.165) is 34.5 Å². The number of rotatable bonds is 0. The minimum Gasteiger partial charge on any atom is -0.0594 e. The monoisotopic (exact) mass is 260 g/mol. The van der Waals surface area contributed by atoms with Crippen LogP contribution in [0.25, 0.3) is 0 Å². The molecule has 0 nitrogen and oxygen atoms in total. The molecule has 4 fully saturated rings. The van der Waals surface area contributed by atoms with E-state index in [2.05, 4.69) is 13.8 Å². The van der Waals surface area contributed by atoms with Gasteiger partial charge in [0, 0.05) is 0 Å². The average Bonchev–Trinajstić information content (AvgIpc) is 2.79. The fourth-order valence-corrected chi connectivity index (χ4v) is 7.29. The van der Waals surface area contributed by atoms with E-state index in [1.807, 2.05) is 0 Å². The zero-order valence-corrected chi connectivity index (χ0v) is 13.1. The molecule has 0 aromatic heterocycles. The lowest BCUT2D eigenvalue weighted by atomic mass is 9.45. The summed E-state index contributed by atoms with van der Waals surface area (Å²) in [5, 5.41) is 0. The van der Waals surface area contributed by atoms with Crippen molar-refractivity contribution in [1.29, 1.82) is 0 Å². The largest absolute Gasteiger partial charge is 0.0594 e. The van der Waals surface area contributed by atoms with Crippen LogP contribution in [0.15, 0.2) is 0 Å². The molecule has 6 atom stereocenters. The molecule has 4 aliphatic carbocycles. The topological polar surface area (TPSA) is 0 Å². The molecule has 0 bridgehead atoms. The van der Waals surface area contributed by atoms with Crippen LogP contribution < -0.4 is 0 Å². The van der Waals surface area contributed by atoms with Crippen LogP contribution in [0.3, 0.4) is 0 Å². The van der Waals surface area contributed by atoms with Crippen LogP contribution in [0.5, 0.6) is 0 Å². The van der Waals surface area contributed by atoms with Crippen molar-refractivity contribution >= 4 is 0 Å². The highest BCUT2D eigenvalue weighted by molar-refractivity contribution is 5.06. The fraction of sp³-hybridized carbons (Fsp3) is 1.00. The number of hydrogen-bond acceptors (Lipinski definition) is 0. The van der Waals surface area contributed by atoms with Crippen molar-refractivity contribution < 1.29 is 0 Å². The smallest absolute Gasteiger partial charge is 0.0266 e. The van der Waals surface area contributed by atoms with Gasteiger partial charge >= 0.3 is 0 Å². The molecule has 0 aliphatic heterocycles. The minimum atomic E-state index is 0.741. The Labute approximate surface area is 119 Å². The van der Waals surface area contributed by atoms with Gasteiger partial charge in [-0.05, 0) is 85.9 Å². The first-order valence-electron chi connectivity index (χ1n) is 9.13. The van der Waals surface area contributed by atoms with Gasteiger partial charge in [0.1, 0.15) is 0 Å². The predicted octanol–water partition coefficient (Wildman–Crippen LogP) is 5.81. The summed E-state index contributed by atoms with van der Waals surface area (Å²) in [5.41, 5.74) is 1.49. The van der Waals surface area contributed by atoms with E-state index in [1.54, 1.807) is 51.4 Å². The van der Waals surface area contributed by atoms with Gasteiger partial charge in [-0.2, -0.15) is 0 Å². The van der Waals surface area contributed by atoms with E-state index in [4.69, 9.17) is 0 Å². The van der Waals surface area contributed by atoms with Crippen molar-refractivity contribution in [3.8, 4) is 0 Å². The maximum atomic E-state index is 2.70. The third kappa shape index (κ3) is 1.70. The highest BCUT2D eigenvalue weighted by Crippen LogP contribution is 2.66. The van der Waals surface area contributed by atoms with Gasteiger partial charge in [0.05, 0.1) is 0 Å². The van der Waals surface area contributed by atoms with E-state index >= 15 is 0 Å². The molecular weight excluding hydrogens is 228 g/mol. The first-order valence-corrected chi connectivity index (χ1v) is 9.13. The first kappa shape index (κ1) is 12.7. The van der Waals surface area contributed by atoms with E-state index in [0.29, 0.717) is 0 Å². The highest BCUT2D eigenvalue weighted by atomic mass is 14.6. The standard InChI is InChI=1S/C19H32/c1-18-11-5-7-16(18)15-9-8-14-6-3-4-12-19(14,2)17(15)10-13-18/h14-17H,3-13H2,1-2H3/t14-,15-,16-,17-,18-,19+/m1/s1. The Morgan fingerprint density at radius 2 is 1.58 bits per heavy atom. The summed E-state index contributed by atoms with van der Waals surface area (Å²) in [6.45, 7) is 5.33. The molecule has 4 rings (SSSR count). The summed E-state index contributed by atoms with van der Waals surface area (Å²) in [7, 11) is 0. The molecule has 0 aromatic carbocycles. The summed E-state index contributed by atoms with van der Waals surface area (Å²) >= 11 is 0. The normalized spacial score (nSPS) is 57.2. The van der Waals surface area contributed by atoms with Crippen LogP contribution >= 0.6 is 0 Å². The van der Waals surface area contributed by atoms with E-state index in [1.165, 1.54) is 19.3 Å². The van der Waals surface area contributed by atoms with Crippen molar-refractivity contribution in [3.63, 3.8) is 0 Å². The van der Waals surface area contributed by atoms with Gasteiger partial charge in [-0.3, -0.25) is 0 Å². The molecule has 0 saturated heterocycles. The minimum absolute atomic E-state index is 0.741. The van der Waals surface area contributed by atoms with Crippen molar-refractivity contribution in [2.75, 3.05) is 0 Å². The summed E-state index contributed by atoms with van der Waals surface area (Å²) in [5.74, 6) is 4.41.